The standard InChI is InChI=1S/C14H18/c1-5-8-13-9-6-7-10-14(13)12(4)11(2)3/h5-10H,1-4H3/b8-5-. The van der Waals surface area contributed by atoms with E-state index in [-0.39, 0.29) is 0 Å². The van der Waals surface area contributed by atoms with Gasteiger partial charge in [-0.1, -0.05) is 42.0 Å². The van der Waals surface area contributed by atoms with E-state index in [0.29, 0.717) is 0 Å². The average molecular weight is 186 g/mol. The van der Waals surface area contributed by atoms with Crippen molar-refractivity contribution in [3.05, 3.63) is 47.0 Å². The summed E-state index contributed by atoms with van der Waals surface area (Å²) < 4.78 is 0. The Bertz CT molecular complexity index is 363. The van der Waals surface area contributed by atoms with Gasteiger partial charge in [0, 0.05) is 0 Å². The zero-order chi connectivity index (χ0) is 10.6. The first-order chi connectivity index (χ1) is 6.66. The van der Waals surface area contributed by atoms with E-state index in [4.69, 9.17) is 0 Å². The fourth-order valence-corrected chi connectivity index (χ4v) is 1.43. The maximum absolute atomic E-state index is 2.18. The summed E-state index contributed by atoms with van der Waals surface area (Å²) in [5.74, 6) is 0. The van der Waals surface area contributed by atoms with Crippen molar-refractivity contribution in [2.24, 2.45) is 0 Å². The van der Waals surface area contributed by atoms with Crippen LogP contribution in [0.25, 0.3) is 11.6 Å². The summed E-state index contributed by atoms with van der Waals surface area (Å²) in [7, 11) is 0. The highest BCUT2D eigenvalue weighted by molar-refractivity contribution is 5.74. The Labute approximate surface area is 87.0 Å². The first-order valence-electron chi connectivity index (χ1n) is 5.03. The second-order valence-electron chi connectivity index (χ2n) is 3.71. The molecule has 0 nitrogen and oxygen atoms in total. The first kappa shape index (κ1) is 10.8. The van der Waals surface area contributed by atoms with E-state index in [1.807, 2.05) is 0 Å². The molecule has 1 aromatic rings. The summed E-state index contributed by atoms with van der Waals surface area (Å²) in [5.41, 5.74) is 5.39. The van der Waals surface area contributed by atoms with Crippen LogP contribution in [0.3, 0.4) is 0 Å². The van der Waals surface area contributed by atoms with E-state index in [0.717, 1.165) is 0 Å². The zero-order valence-electron chi connectivity index (χ0n) is 9.46. The van der Waals surface area contributed by atoms with Crippen LogP contribution in [0.2, 0.25) is 0 Å². The summed E-state index contributed by atoms with van der Waals surface area (Å²) in [4.78, 5) is 0. The molecule has 0 heteroatoms. The molecule has 0 aliphatic carbocycles. The van der Waals surface area contributed by atoms with Crippen LogP contribution in [-0.2, 0) is 0 Å². The molecule has 0 heterocycles. The smallest absolute Gasteiger partial charge is 0.0156 e. The first-order valence-corrected chi connectivity index (χ1v) is 5.03. The van der Waals surface area contributed by atoms with Crippen LogP contribution in [0.1, 0.15) is 38.8 Å². The molecular formula is C14H18. The Morgan fingerprint density at radius 1 is 1.07 bits per heavy atom. The second kappa shape index (κ2) is 4.80. The normalized spacial score (nSPS) is 10.6. The van der Waals surface area contributed by atoms with Crippen molar-refractivity contribution in [3.8, 4) is 0 Å². The van der Waals surface area contributed by atoms with Gasteiger partial charge >= 0.3 is 0 Å². The molecule has 0 aliphatic rings. The molecule has 0 N–H and O–H groups in total. The van der Waals surface area contributed by atoms with Gasteiger partial charge in [-0.05, 0) is 44.4 Å². The molecule has 0 unspecified atom stereocenters. The van der Waals surface area contributed by atoms with Gasteiger partial charge in [-0.25, -0.2) is 0 Å². The Hall–Kier alpha value is -1.30. The van der Waals surface area contributed by atoms with Crippen LogP contribution in [0.15, 0.2) is 35.9 Å². The third-order valence-corrected chi connectivity index (χ3v) is 2.46. The fourth-order valence-electron chi connectivity index (χ4n) is 1.43. The number of hydrogen-bond acceptors (Lipinski definition) is 0. The van der Waals surface area contributed by atoms with Crippen molar-refractivity contribution >= 4 is 11.6 Å². The van der Waals surface area contributed by atoms with Crippen molar-refractivity contribution in [2.75, 3.05) is 0 Å². The van der Waals surface area contributed by atoms with Crippen LogP contribution in [-0.4, -0.2) is 0 Å². The number of hydrogen-bond donors (Lipinski definition) is 0. The van der Waals surface area contributed by atoms with Crippen molar-refractivity contribution in [3.63, 3.8) is 0 Å². The van der Waals surface area contributed by atoms with E-state index in [9.17, 15) is 0 Å². The molecule has 0 aliphatic heterocycles. The molecule has 1 aromatic carbocycles. The summed E-state index contributed by atoms with van der Waals surface area (Å²) in [6, 6.07) is 8.51. The Morgan fingerprint density at radius 3 is 2.29 bits per heavy atom. The fraction of sp³-hybridized carbons (Fsp3) is 0.286. The molecular weight excluding hydrogens is 168 g/mol. The summed E-state index contributed by atoms with van der Waals surface area (Å²) >= 11 is 0. The van der Waals surface area contributed by atoms with Crippen LogP contribution in [0.4, 0.5) is 0 Å². The highest BCUT2D eigenvalue weighted by Gasteiger charge is 2.01. The lowest BCUT2D eigenvalue weighted by Gasteiger charge is -2.08. The molecule has 14 heavy (non-hydrogen) atoms. The molecule has 0 radical (unpaired) electrons. The molecule has 0 saturated carbocycles. The van der Waals surface area contributed by atoms with Crippen LogP contribution in [0, 0.1) is 0 Å². The molecule has 0 fully saturated rings. The molecule has 1 rings (SSSR count). The van der Waals surface area contributed by atoms with E-state index < -0.39 is 0 Å². The summed E-state index contributed by atoms with van der Waals surface area (Å²) in [6.45, 7) is 8.54. The monoisotopic (exact) mass is 186 g/mol. The topological polar surface area (TPSA) is 0 Å². The van der Waals surface area contributed by atoms with Crippen molar-refractivity contribution in [1.82, 2.24) is 0 Å². The largest absolute Gasteiger partial charge is 0.0870 e. The van der Waals surface area contributed by atoms with E-state index in [1.54, 1.807) is 0 Å². The third-order valence-electron chi connectivity index (χ3n) is 2.46. The highest BCUT2D eigenvalue weighted by Crippen LogP contribution is 2.22. The predicted molar refractivity (Wildman–Crippen MR) is 65.1 cm³/mol. The summed E-state index contributed by atoms with van der Waals surface area (Å²) in [5, 5.41) is 0. The van der Waals surface area contributed by atoms with Crippen molar-refractivity contribution in [2.45, 2.75) is 27.7 Å². The molecule has 0 atom stereocenters. The van der Waals surface area contributed by atoms with E-state index in [2.05, 4.69) is 64.1 Å². The van der Waals surface area contributed by atoms with Crippen molar-refractivity contribution in [1.29, 1.82) is 0 Å². The number of rotatable bonds is 2. The minimum absolute atomic E-state index is 1.30. The minimum atomic E-state index is 1.30. The predicted octanol–water partition coefficient (Wildman–Crippen LogP) is 4.53. The molecule has 0 amide bonds. The highest BCUT2D eigenvalue weighted by atomic mass is 14.1. The van der Waals surface area contributed by atoms with Crippen LogP contribution >= 0.6 is 0 Å². The van der Waals surface area contributed by atoms with E-state index in [1.165, 1.54) is 22.3 Å². The molecule has 74 valence electrons. The van der Waals surface area contributed by atoms with Gasteiger partial charge in [-0.15, -0.1) is 0 Å². The van der Waals surface area contributed by atoms with Gasteiger partial charge in [0.2, 0.25) is 0 Å². The van der Waals surface area contributed by atoms with Crippen molar-refractivity contribution < 1.29 is 0 Å². The van der Waals surface area contributed by atoms with Gasteiger partial charge in [0.1, 0.15) is 0 Å². The minimum Gasteiger partial charge on any atom is -0.0870 e. The maximum atomic E-state index is 2.18. The SMILES string of the molecule is C/C=C\c1ccccc1C(C)=C(C)C. The summed E-state index contributed by atoms with van der Waals surface area (Å²) in [6.07, 6.45) is 4.23. The van der Waals surface area contributed by atoms with Gasteiger partial charge in [-0.3, -0.25) is 0 Å². The van der Waals surface area contributed by atoms with Gasteiger partial charge in [0.15, 0.2) is 0 Å². The van der Waals surface area contributed by atoms with Gasteiger partial charge in [-0.2, -0.15) is 0 Å². The Kier molecular flexibility index (Phi) is 3.70. The van der Waals surface area contributed by atoms with Gasteiger partial charge < -0.3 is 0 Å². The Morgan fingerprint density at radius 2 is 1.71 bits per heavy atom. The molecule has 0 spiro atoms. The molecule has 0 bridgehead atoms. The lowest BCUT2D eigenvalue weighted by molar-refractivity contribution is 1.36. The lowest BCUT2D eigenvalue weighted by Crippen LogP contribution is -1.86. The lowest BCUT2D eigenvalue weighted by atomic mass is 9.97. The van der Waals surface area contributed by atoms with Crippen LogP contribution < -0.4 is 0 Å². The second-order valence-corrected chi connectivity index (χ2v) is 3.71. The van der Waals surface area contributed by atoms with Gasteiger partial charge in [0.05, 0.1) is 0 Å². The Balaban J connectivity index is 3.27. The quantitative estimate of drug-likeness (QED) is 0.636. The molecule has 0 aromatic heterocycles. The maximum Gasteiger partial charge on any atom is -0.0156 e. The number of benzene rings is 1. The molecule has 0 saturated heterocycles. The van der Waals surface area contributed by atoms with Gasteiger partial charge in [0.25, 0.3) is 0 Å². The van der Waals surface area contributed by atoms with E-state index >= 15 is 0 Å². The number of allylic oxidation sites excluding steroid dienone is 3. The zero-order valence-corrected chi connectivity index (χ0v) is 9.46. The van der Waals surface area contributed by atoms with Crippen LogP contribution in [0.5, 0.6) is 0 Å². The average Bonchev–Trinajstić information content (AvgIpc) is 2.18. The third kappa shape index (κ3) is 2.35.